The molecule has 0 aliphatic rings. The molecular formula is C14H27BrN4. The van der Waals surface area contributed by atoms with E-state index in [1.807, 2.05) is 10.9 Å². The lowest BCUT2D eigenvalue weighted by atomic mass is 9.85. The maximum absolute atomic E-state index is 6.63. The van der Waals surface area contributed by atoms with Crippen LogP contribution in [-0.2, 0) is 6.54 Å². The van der Waals surface area contributed by atoms with Crippen LogP contribution < -0.4 is 5.73 Å². The maximum atomic E-state index is 6.63. The van der Waals surface area contributed by atoms with Crippen molar-refractivity contribution in [2.45, 2.75) is 59.2 Å². The van der Waals surface area contributed by atoms with Crippen LogP contribution >= 0.6 is 15.9 Å². The van der Waals surface area contributed by atoms with Crippen molar-refractivity contribution in [1.82, 2.24) is 14.7 Å². The number of likely N-dealkylation sites (N-methyl/N-ethyl adjacent to an activating group) is 1. The van der Waals surface area contributed by atoms with E-state index < -0.39 is 0 Å². The van der Waals surface area contributed by atoms with Gasteiger partial charge < -0.3 is 5.73 Å². The Labute approximate surface area is 125 Å². The average Bonchev–Trinajstić information content (AvgIpc) is 2.79. The molecule has 1 heterocycles. The van der Waals surface area contributed by atoms with Gasteiger partial charge in [0.25, 0.3) is 0 Å². The van der Waals surface area contributed by atoms with Crippen molar-refractivity contribution in [3.63, 3.8) is 0 Å². The first-order valence-corrected chi connectivity index (χ1v) is 7.97. The van der Waals surface area contributed by atoms with E-state index >= 15 is 0 Å². The second-order valence-electron chi connectivity index (χ2n) is 5.05. The predicted octanol–water partition coefficient (Wildman–Crippen LogP) is 3.18. The molecule has 1 aromatic heterocycles. The van der Waals surface area contributed by atoms with Gasteiger partial charge in [-0.15, -0.1) is 0 Å². The smallest absolute Gasteiger partial charge is 0.0712 e. The van der Waals surface area contributed by atoms with E-state index in [0.29, 0.717) is 0 Å². The molecule has 0 aliphatic carbocycles. The molecule has 0 saturated carbocycles. The number of hydrogen-bond acceptors (Lipinski definition) is 3. The number of aromatic nitrogens is 2. The van der Waals surface area contributed by atoms with Gasteiger partial charge in [0.1, 0.15) is 0 Å². The molecule has 2 atom stereocenters. The predicted molar refractivity (Wildman–Crippen MR) is 84.1 cm³/mol. The van der Waals surface area contributed by atoms with Gasteiger partial charge in [-0.05, 0) is 49.3 Å². The minimum atomic E-state index is -0.0609. The minimum absolute atomic E-state index is 0.0566. The molecule has 0 radical (unpaired) electrons. The molecule has 0 spiro atoms. The standard InChI is InChI=1S/C14H27BrN4/c1-6-14(5,18(7-2)8-3)13(16)12-11(15)10-17-19(12)9-4/h10,13H,6-9,16H2,1-5H3. The molecule has 0 bridgehead atoms. The van der Waals surface area contributed by atoms with Crippen LogP contribution in [0.25, 0.3) is 0 Å². The summed E-state index contributed by atoms with van der Waals surface area (Å²) >= 11 is 3.59. The fraction of sp³-hybridized carbons (Fsp3) is 0.786. The quantitative estimate of drug-likeness (QED) is 0.835. The van der Waals surface area contributed by atoms with Crippen LogP contribution in [0.2, 0.25) is 0 Å². The van der Waals surface area contributed by atoms with E-state index in [9.17, 15) is 0 Å². The molecule has 0 aromatic carbocycles. The molecule has 1 aromatic rings. The topological polar surface area (TPSA) is 47.1 Å². The van der Waals surface area contributed by atoms with Crippen molar-refractivity contribution in [3.05, 3.63) is 16.4 Å². The highest BCUT2D eigenvalue weighted by Crippen LogP contribution is 2.35. The molecule has 110 valence electrons. The first-order valence-electron chi connectivity index (χ1n) is 7.17. The van der Waals surface area contributed by atoms with E-state index in [2.05, 4.69) is 60.5 Å². The summed E-state index contributed by atoms with van der Waals surface area (Å²) in [5.41, 5.74) is 7.66. The number of nitrogens with zero attached hydrogens (tertiary/aromatic N) is 3. The van der Waals surface area contributed by atoms with Gasteiger partial charge in [-0.3, -0.25) is 9.58 Å². The van der Waals surface area contributed by atoms with Crippen LogP contribution in [0.4, 0.5) is 0 Å². The summed E-state index contributed by atoms with van der Waals surface area (Å²) in [6, 6.07) is -0.0609. The molecule has 1 rings (SSSR count). The van der Waals surface area contributed by atoms with Crippen LogP contribution in [0.1, 0.15) is 52.8 Å². The molecule has 4 nitrogen and oxygen atoms in total. The summed E-state index contributed by atoms with van der Waals surface area (Å²) < 4.78 is 3.00. The fourth-order valence-electron chi connectivity index (χ4n) is 2.81. The Bertz CT molecular complexity index is 400. The van der Waals surface area contributed by atoms with E-state index in [1.165, 1.54) is 0 Å². The van der Waals surface area contributed by atoms with Gasteiger partial charge >= 0.3 is 0 Å². The lowest BCUT2D eigenvalue weighted by Crippen LogP contribution is -2.53. The summed E-state index contributed by atoms with van der Waals surface area (Å²) in [5.74, 6) is 0. The van der Waals surface area contributed by atoms with Gasteiger partial charge in [-0.25, -0.2) is 0 Å². The highest BCUT2D eigenvalue weighted by atomic mass is 79.9. The summed E-state index contributed by atoms with van der Waals surface area (Å²) in [5, 5.41) is 4.39. The molecular weight excluding hydrogens is 304 g/mol. The SMILES string of the molecule is CCN(CC)C(C)(CC)C(N)c1c(Br)cnn1CC. The monoisotopic (exact) mass is 330 g/mol. The van der Waals surface area contributed by atoms with Crippen molar-refractivity contribution in [2.75, 3.05) is 13.1 Å². The third kappa shape index (κ3) is 3.03. The van der Waals surface area contributed by atoms with E-state index in [4.69, 9.17) is 5.73 Å². The second-order valence-corrected chi connectivity index (χ2v) is 5.91. The zero-order valence-corrected chi connectivity index (χ0v) is 14.4. The number of aryl methyl sites for hydroxylation is 1. The fourth-order valence-corrected chi connectivity index (χ4v) is 3.36. The molecule has 2 unspecified atom stereocenters. The van der Waals surface area contributed by atoms with Gasteiger partial charge in [-0.2, -0.15) is 5.10 Å². The highest BCUT2D eigenvalue weighted by Gasteiger charge is 2.38. The lowest BCUT2D eigenvalue weighted by molar-refractivity contribution is 0.0811. The second kappa shape index (κ2) is 6.86. The van der Waals surface area contributed by atoms with Crippen molar-refractivity contribution in [3.8, 4) is 0 Å². The summed E-state index contributed by atoms with van der Waals surface area (Å²) in [6.45, 7) is 13.8. The Balaban J connectivity index is 3.20. The molecule has 19 heavy (non-hydrogen) atoms. The third-order valence-corrected chi connectivity index (χ3v) is 4.91. The molecule has 0 amide bonds. The zero-order valence-electron chi connectivity index (χ0n) is 12.8. The Kier molecular flexibility index (Phi) is 6.02. The van der Waals surface area contributed by atoms with Crippen LogP contribution in [0.5, 0.6) is 0 Å². The Morgan fingerprint density at radius 2 is 1.95 bits per heavy atom. The van der Waals surface area contributed by atoms with Crippen LogP contribution in [-0.4, -0.2) is 33.3 Å². The van der Waals surface area contributed by atoms with Gasteiger partial charge in [0.05, 0.1) is 22.4 Å². The first kappa shape index (κ1) is 16.7. The van der Waals surface area contributed by atoms with Crippen LogP contribution in [0, 0.1) is 0 Å². The van der Waals surface area contributed by atoms with Crippen molar-refractivity contribution in [2.24, 2.45) is 5.73 Å². The van der Waals surface area contributed by atoms with Gasteiger partial charge in [-0.1, -0.05) is 20.8 Å². The van der Waals surface area contributed by atoms with Crippen molar-refractivity contribution >= 4 is 15.9 Å². The molecule has 0 fully saturated rings. The lowest BCUT2D eigenvalue weighted by Gasteiger charge is -2.44. The molecule has 0 saturated heterocycles. The van der Waals surface area contributed by atoms with Gasteiger partial charge in [0.2, 0.25) is 0 Å². The number of halogens is 1. The molecule has 2 N–H and O–H groups in total. The highest BCUT2D eigenvalue weighted by molar-refractivity contribution is 9.10. The van der Waals surface area contributed by atoms with E-state index in [1.54, 1.807) is 0 Å². The summed E-state index contributed by atoms with van der Waals surface area (Å²) in [6.07, 6.45) is 2.86. The summed E-state index contributed by atoms with van der Waals surface area (Å²) in [7, 11) is 0. The minimum Gasteiger partial charge on any atom is -0.321 e. The Morgan fingerprint density at radius 3 is 2.37 bits per heavy atom. The van der Waals surface area contributed by atoms with Crippen LogP contribution in [0.15, 0.2) is 10.7 Å². The summed E-state index contributed by atoms with van der Waals surface area (Å²) in [4.78, 5) is 2.44. The third-order valence-electron chi connectivity index (χ3n) is 4.30. The largest absolute Gasteiger partial charge is 0.321 e. The van der Waals surface area contributed by atoms with E-state index in [0.717, 1.165) is 36.2 Å². The number of nitrogens with two attached hydrogens (primary N) is 1. The first-order chi connectivity index (χ1) is 8.96. The zero-order chi connectivity index (χ0) is 14.6. The number of rotatable bonds is 7. The van der Waals surface area contributed by atoms with Crippen molar-refractivity contribution < 1.29 is 0 Å². The van der Waals surface area contributed by atoms with Gasteiger partial charge in [0, 0.05) is 12.1 Å². The molecule has 5 heteroatoms. The van der Waals surface area contributed by atoms with Crippen molar-refractivity contribution in [1.29, 1.82) is 0 Å². The maximum Gasteiger partial charge on any atom is 0.0712 e. The van der Waals surface area contributed by atoms with E-state index in [-0.39, 0.29) is 11.6 Å². The van der Waals surface area contributed by atoms with Crippen LogP contribution in [0.3, 0.4) is 0 Å². The normalized spacial score (nSPS) is 16.6. The van der Waals surface area contributed by atoms with Gasteiger partial charge in [0.15, 0.2) is 0 Å². The Morgan fingerprint density at radius 1 is 1.37 bits per heavy atom. The molecule has 0 aliphatic heterocycles. The Hall–Kier alpha value is -0.390. The average molecular weight is 331 g/mol. The number of hydrogen-bond donors (Lipinski definition) is 1.